The summed E-state index contributed by atoms with van der Waals surface area (Å²) in [5.41, 5.74) is 38.0. The van der Waals surface area contributed by atoms with Gasteiger partial charge in [-0.25, -0.2) is 19.2 Å². The number of rotatable bonds is 75. The molecule has 796 valence electrons. The molecule has 0 fully saturated rings. The van der Waals surface area contributed by atoms with Crippen LogP contribution in [0.4, 0.5) is 0 Å². The number of benzene rings is 4. The SMILES string of the molecule is C=CC/C=C\C/C=C\CCCCCCCc1cccc([O-])c1C(=O)O.CCC/C=C\C/C=C\CCCCCCCc1cccc([O-])c1C(=O)O.CCCCCC/C=C\CCCCCCCc1cccc([O-])c1C(=O)O.CCCCCCCCCCCCCCCc1cccc([O-])c1C(=O)O.NC(CCCC[NH3+])C(=O)O.NC(CCCC[NH3+])C(=O)O.NC(CCCC[NH3+])C(=O)O.NC(CCCC[NH3+])C(=O)O. The molecule has 4 atom stereocenters. The lowest BCUT2D eigenvalue weighted by Crippen LogP contribution is -2.50. The van der Waals surface area contributed by atoms with E-state index < -0.39 is 77.7 Å². The summed E-state index contributed by atoms with van der Waals surface area (Å²) in [5, 5.41) is 116. The van der Waals surface area contributed by atoms with Crippen molar-refractivity contribution in [3.8, 4) is 23.0 Å². The van der Waals surface area contributed by atoms with Gasteiger partial charge >= 0.3 is 47.8 Å². The molecular weight excluding hydrogens is 1780 g/mol. The van der Waals surface area contributed by atoms with Crippen LogP contribution in [0.25, 0.3) is 0 Å². The topological polar surface area (TPSA) is 605 Å². The molecule has 0 saturated carbocycles. The zero-order valence-electron chi connectivity index (χ0n) is 86.0. The van der Waals surface area contributed by atoms with E-state index in [1.807, 2.05) is 6.08 Å². The molecule has 0 aromatic heterocycles. The van der Waals surface area contributed by atoms with Crippen LogP contribution in [0.1, 0.15) is 425 Å². The second-order valence-corrected chi connectivity index (χ2v) is 35.5. The van der Waals surface area contributed by atoms with E-state index in [9.17, 15) is 58.8 Å². The molecule has 0 spiro atoms. The van der Waals surface area contributed by atoms with Gasteiger partial charge in [0.25, 0.3) is 0 Å². The van der Waals surface area contributed by atoms with Gasteiger partial charge in [-0.05, 0) is 228 Å². The second-order valence-electron chi connectivity index (χ2n) is 35.5. The third kappa shape index (κ3) is 82.7. The molecule has 4 aromatic carbocycles. The normalized spacial score (nSPS) is 11.8. The molecule has 140 heavy (non-hydrogen) atoms. The molecule has 0 aliphatic carbocycles. The number of allylic oxidation sites excluding steroid dienone is 11. The first-order valence-electron chi connectivity index (χ1n) is 52.4. The van der Waals surface area contributed by atoms with Gasteiger partial charge in [-0.15, -0.1) is 6.58 Å². The molecule has 4 aromatic rings. The molecule has 0 radical (unpaired) electrons. The third-order valence-electron chi connectivity index (χ3n) is 23.0. The molecule has 28 heteroatoms. The molecule has 0 aliphatic heterocycles. The minimum Gasteiger partial charge on any atom is -0.872 e. The summed E-state index contributed by atoms with van der Waals surface area (Å²) in [5.74, 6) is -9.63. The molecule has 0 bridgehead atoms. The van der Waals surface area contributed by atoms with E-state index in [0.29, 0.717) is 73.6 Å². The summed E-state index contributed by atoms with van der Waals surface area (Å²) in [6.07, 6.45) is 85.2. The second kappa shape index (κ2) is 99.1. The van der Waals surface area contributed by atoms with Crippen LogP contribution < -0.4 is 66.3 Å². The summed E-state index contributed by atoms with van der Waals surface area (Å²) >= 11 is 0. The van der Waals surface area contributed by atoms with E-state index in [-0.39, 0.29) is 39.5 Å². The Labute approximate surface area is 839 Å². The van der Waals surface area contributed by atoms with Crippen molar-refractivity contribution in [1.29, 1.82) is 0 Å². The monoisotopic (exact) mass is 1970 g/mol. The Kier molecular flexibility index (Phi) is 96.4. The van der Waals surface area contributed by atoms with Gasteiger partial charge in [-0.1, -0.05) is 344 Å². The van der Waals surface area contributed by atoms with Crippen molar-refractivity contribution < 1.29 is 123 Å². The maximum atomic E-state index is 11.6. The van der Waals surface area contributed by atoms with Gasteiger partial charge in [-0.2, -0.15) is 0 Å². The van der Waals surface area contributed by atoms with E-state index in [1.165, 1.54) is 185 Å². The largest absolute Gasteiger partial charge is 0.872 e. The van der Waals surface area contributed by atoms with Crippen LogP contribution in [0.2, 0.25) is 0 Å². The highest BCUT2D eigenvalue weighted by molar-refractivity contribution is 5.94. The van der Waals surface area contributed by atoms with Gasteiger partial charge in [-0.3, -0.25) is 19.2 Å². The van der Waals surface area contributed by atoms with Crippen molar-refractivity contribution in [1.82, 2.24) is 0 Å². The average molecular weight is 1970 g/mol. The third-order valence-corrected chi connectivity index (χ3v) is 23.0. The molecule has 28 nitrogen and oxygen atoms in total. The first-order valence-corrected chi connectivity index (χ1v) is 52.4. The highest BCUT2D eigenvalue weighted by Crippen LogP contribution is 2.26. The first kappa shape index (κ1) is 136. The zero-order chi connectivity index (χ0) is 105. The Morgan fingerprint density at radius 2 is 0.457 bits per heavy atom. The van der Waals surface area contributed by atoms with Crippen molar-refractivity contribution in [2.45, 2.75) is 411 Å². The lowest BCUT2D eigenvalue weighted by atomic mass is 9.99. The minimum absolute atomic E-state index is 0.0403. The highest BCUT2D eigenvalue weighted by atomic mass is 16.4. The van der Waals surface area contributed by atoms with Crippen molar-refractivity contribution >= 4 is 47.8 Å². The number of aromatic carboxylic acids is 4. The number of carboxylic acid groups (broad SMARTS) is 8. The van der Waals surface area contributed by atoms with Crippen LogP contribution in [-0.4, -0.2) is 139 Å². The molecule has 4 unspecified atom stereocenters. The number of nitrogens with two attached hydrogens (primary N) is 4. The summed E-state index contributed by atoms with van der Waals surface area (Å²) in [4.78, 5) is 85.3. The molecular formula is C112H188N8O20. The van der Waals surface area contributed by atoms with E-state index in [0.717, 1.165) is 180 Å². The molecule has 28 N–H and O–H groups in total. The Morgan fingerprint density at radius 1 is 0.264 bits per heavy atom. The maximum absolute atomic E-state index is 11.6. The fourth-order valence-electron chi connectivity index (χ4n) is 14.6. The Bertz CT molecular complexity index is 3840. The van der Waals surface area contributed by atoms with Crippen LogP contribution in [-0.2, 0) is 44.9 Å². The van der Waals surface area contributed by atoms with Gasteiger partial charge < -0.3 is 107 Å². The Balaban J connectivity index is -0.000000780. The fourth-order valence-corrected chi connectivity index (χ4v) is 14.6. The number of aryl methyl sites for hydroxylation is 4. The lowest BCUT2D eigenvalue weighted by molar-refractivity contribution is -0.368. The Hall–Kier alpha value is -10.0. The lowest BCUT2D eigenvalue weighted by Gasteiger charge is -2.14. The molecule has 0 amide bonds. The summed E-state index contributed by atoms with van der Waals surface area (Å²) < 4.78 is 0. The quantitative estimate of drug-likeness (QED) is 0.0144. The van der Waals surface area contributed by atoms with Gasteiger partial charge in [0, 0.05) is 0 Å². The minimum atomic E-state index is -1.12. The van der Waals surface area contributed by atoms with Gasteiger partial charge in [0.15, 0.2) is 0 Å². The predicted octanol–water partition coefficient (Wildman–Crippen LogP) is 18.3. The van der Waals surface area contributed by atoms with Crippen molar-refractivity contribution in [3.05, 3.63) is 191 Å². The van der Waals surface area contributed by atoms with Crippen LogP contribution in [0.15, 0.2) is 146 Å². The number of carbonyl (C=O) groups is 8. The summed E-state index contributed by atoms with van der Waals surface area (Å²) in [7, 11) is 0. The number of hydrogen-bond acceptors (Lipinski definition) is 16. The van der Waals surface area contributed by atoms with Crippen molar-refractivity contribution in [3.63, 3.8) is 0 Å². The van der Waals surface area contributed by atoms with E-state index >= 15 is 0 Å². The Morgan fingerprint density at radius 3 is 0.664 bits per heavy atom. The molecule has 0 saturated heterocycles. The molecule has 4 rings (SSSR count). The van der Waals surface area contributed by atoms with Gasteiger partial charge in [0.1, 0.15) is 24.2 Å². The predicted molar refractivity (Wildman–Crippen MR) is 557 cm³/mol. The van der Waals surface area contributed by atoms with Crippen LogP contribution >= 0.6 is 0 Å². The van der Waals surface area contributed by atoms with Crippen molar-refractivity contribution in [2.75, 3.05) is 26.2 Å². The van der Waals surface area contributed by atoms with Crippen LogP contribution in [0.3, 0.4) is 0 Å². The standard InChI is InChI=1S/C22H36O3.C22H34O3.C22H32O3.C22H30O3.4C6H14N2O2/c4*1-2-3-4-5-6-7-8-9-10-11-12-13-14-16-19-17-15-18-20(23)21(19)22(24)25;4*7-4-2-1-3-5(8)6(9)10/h15,17-18,23H,2-14,16H2,1H3,(H,24,25);7-8,15,17-18,23H,2-6,9-14,16H2,1H3,(H,24,25);4-5,7-8,15,17-18,23H,2-3,6,9-14,16H2,1H3,(H,24,25);2,4-5,7-8,15,17-18,23H,1,3,6,9-14,16H2,(H,24,25);4*5H,1-4,7-8H2,(H,9,10)/b;8-7-;2*5-4-,8-7-;;;;. The maximum Gasteiger partial charge on any atom is 0.335 e. The highest BCUT2D eigenvalue weighted by Gasteiger charge is 2.17. The van der Waals surface area contributed by atoms with Crippen LogP contribution in [0, 0.1) is 0 Å². The van der Waals surface area contributed by atoms with Crippen LogP contribution in [0.5, 0.6) is 23.0 Å². The van der Waals surface area contributed by atoms with Gasteiger partial charge in [0.05, 0.1) is 48.4 Å². The smallest absolute Gasteiger partial charge is 0.335 e. The zero-order valence-corrected chi connectivity index (χ0v) is 86.0. The van der Waals surface area contributed by atoms with Gasteiger partial charge in [0.2, 0.25) is 0 Å². The number of hydrogen-bond donors (Lipinski definition) is 16. The summed E-state index contributed by atoms with van der Waals surface area (Å²) in [6, 6.07) is 16.2. The van der Waals surface area contributed by atoms with E-state index in [1.54, 1.807) is 48.5 Å². The summed E-state index contributed by atoms with van der Waals surface area (Å²) in [6.45, 7) is 13.8. The average Bonchev–Trinajstić information content (AvgIpc) is 0.860. The first-order chi connectivity index (χ1) is 67.4. The fraction of sp³-hybridized carbons (Fsp3) is 0.607. The number of unbranched alkanes of at least 4 members (excludes halogenated alkanes) is 36. The molecule has 0 heterocycles. The number of quaternary nitrogens is 4. The van der Waals surface area contributed by atoms with Crippen molar-refractivity contribution in [2.24, 2.45) is 22.9 Å². The van der Waals surface area contributed by atoms with E-state index in [2.05, 4.69) is 111 Å². The van der Waals surface area contributed by atoms with E-state index in [4.69, 9.17) is 63.8 Å². The molecule has 0 aliphatic rings. The number of aliphatic carboxylic acids is 4. The number of carboxylic acids is 8.